The van der Waals surface area contributed by atoms with Gasteiger partial charge in [0.1, 0.15) is 0 Å². The number of halogens is 3. The number of nitrogen functional groups attached to an aromatic ring is 2. The zero-order valence-electron chi connectivity index (χ0n) is 5.37. The van der Waals surface area contributed by atoms with E-state index in [1.54, 1.807) is 6.07 Å². The molecule has 60 valence electrons. The lowest BCUT2D eigenvalue weighted by atomic mass is 10.3. The molecule has 0 heterocycles. The van der Waals surface area contributed by atoms with Gasteiger partial charge in [0.15, 0.2) is 0 Å². The summed E-state index contributed by atoms with van der Waals surface area (Å²) >= 11 is 9.87. The van der Waals surface area contributed by atoms with Crippen LogP contribution >= 0.6 is 47.8 Å². The molecule has 0 fully saturated rings. The summed E-state index contributed by atoms with van der Waals surface area (Å²) in [6.07, 6.45) is 0. The molecule has 0 saturated carbocycles. The molecule has 1 aromatic carbocycles. The summed E-state index contributed by atoms with van der Waals surface area (Å²) in [5, 5.41) is 0. The van der Waals surface area contributed by atoms with E-state index in [0.717, 1.165) is 13.4 Å². The van der Waals surface area contributed by atoms with Crippen molar-refractivity contribution in [2.75, 3.05) is 11.5 Å². The molecular weight excluding hydrogens is 340 g/mol. The van der Waals surface area contributed by atoms with Crippen LogP contribution < -0.4 is 11.5 Å². The van der Waals surface area contributed by atoms with Gasteiger partial charge in [0.25, 0.3) is 0 Å². The van der Waals surface area contributed by atoms with Crippen molar-refractivity contribution in [1.29, 1.82) is 0 Å². The van der Waals surface area contributed by atoms with Crippen molar-refractivity contribution in [1.82, 2.24) is 0 Å². The van der Waals surface area contributed by atoms with Crippen LogP contribution in [-0.2, 0) is 0 Å². The second kappa shape index (κ2) is 3.33. The summed E-state index contributed by atoms with van der Waals surface area (Å²) < 4.78 is 2.40. The van der Waals surface area contributed by atoms with Gasteiger partial charge in [-0.1, -0.05) is 0 Å². The average Bonchev–Trinajstić information content (AvgIpc) is 1.97. The van der Waals surface area contributed by atoms with E-state index < -0.39 is 0 Å². The molecule has 0 radical (unpaired) electrons. The fourth-order valence-electron chi connectivity index (χ4n) is 0.644. The van der Waals surface area contributed by atoms with E-state index >= 15 is 0 Å². The number of rotatable bonds is 0. The Kier molecular flexibility index (Phi) is 2.83. The molecule has 0 aliphatic heterocycles. The molecule has 1 aromatic rings. The molecule has 0 atom stereocenters. The summed E-state index contributed by atoms with van der Waals surface area (Å²) in [4.78, 5) is 0. The summed E-state index contributed by atoms with van der Waals surface area (Å²) in [7, 11) is 0. The van der Waals surface area contributed by atoms with Crippen LogP contribution in [0.15, 0.2) is 19.5 Å². The van der Waals surface area contributed by atoms with E-state index in [2.05, 4.69) is 47.8 Å². The first kappa shape index (κ1) is 9.35. The number of anilines is 2. The van der Waals surface area contributed by atoms with E-state index in [-0.39, 0.29) is 0 Å². The Morgan fingerprint density at radius 2 is 1.55 bits per heavy atom. The van der Waals surface area contributed by atoms with Gasteiger partial charge < -0.3 is 11.5 Å². The molecule has 1 rings (SSSR count). The maximum absolute atomic E-state index is 5.68. The van der Waals surface area contributed by atoms with Gasteiger partial charge in [0.05, 0.1) is 14.6 Å². The lowest BCUT2D eigenvalue weighted by Crippen LogP contribution is -1.94. The summed E-state index contributed by atoms with van der Waals surface area (Å²) in [6.45, 7) is 0. The maximum atomic E-state index is 5.68. The molecule has 2 nitrogen and oxygen atoms in total. The van der Waals surface area contributed by atoms with Crippen molar-refractivity contribution in [3.63, 3.8) is 0 Å². The molecule has 0 aliphatic carbocycles. The number of benzene rings is 1. The quantitative estimate of drug-likeness (QED) is 0.561. The molecule has 0 aliphatic rings. The van der Waals surface area contributed by atoms with Crippen LogP contribution in [0.3, 0.4) is 0 Å². The standard InChI is InChI=1S/C6H5Br3N2/c7-2-1-3(10)5(9)6(11)4(2)8/h1H,10-11H2. The van der Waals surface area contributed by atoms with Gasteiger partial charge in [-0.2, -0.15) is 0 Å². The van der Waals surface area contributed by atoms with E-state index in [4.69, 9.17) is 11.5 Å². The third-order valence-corrected chi connectivity index (χ3v) is 4.12. The van der Waals surface area contributed by atoms with Crippen molar-refractivity contribution < 1.29 is 0 Å². The fourth-order valence-corrected chi connectivity index (χ4v) is 2.00. The van der Waals surface area contributed by atoms with E-state index in [9.17, 15) is 0 Å². The molecule has 0 bridgehead atoms. The van der Waals surface area contributed by atoms with Crippen LogP contribution in [0.1, 0.15) is 0 Å². The monoisotopic (exact) mass is 342 g/mol. The SMILES string of the molecule is Nc1cc(Br)c(Br)c(N)c1Br. The largest absolute Gasteiger partial charge is 0.398 e. The molecule has 0 saturated heterocycles. The molecule has 0 aromatic heterocycles. The topological polar surface area (TPSA) is 52.0 Å². The molecule has 0 unspecified atom stereocenters. The van der Waals surface area contributed by atoms with E-state index in [1.807, 2.05) is 0 Å². The Hall–Kier alpha value is 0.260. The fraction of sp³-hybridized carbons (Fsp3) is 0. The molecule has 0 spiro atoms. The lowest BCUT2D eigenvalue weighted by molar-refractivity contribution is 1.54. The third-order valence-electron chi connectivity index (χ3n) is 1.22. The predicted octanol–water partition coefficient (Wildman–Crippen LogP) is 3.14. The Balaban J connectivity index is 3.46. The minimum absolute atomic E-state index is 0.608. The van der Waals surface area contributed by atoms with Crippen molar-refractivity contribution >= 4 is 59.2 Å². The second-order valence-corrected chi connectivity index (χ2v) is 4.43. The predicted molar refractivity (Wildman–Crippen MR) is 58.4 cm³/mol. The van der Waals surface area contributed by atoms with Crippen molar-refractivity contribution in [3.05, 3.63) is 19.5 Å². The minimum atomic E-state index is 0.608. The van der Waals surface area contributed by atoms with Crippen molar-refractivity contribution in [2.24, 2.45) is 0 Å². The van der Waals surface area contributed by atoms with Gasteiger partial charge >= 0.3 is 0 Å². The normalized spacial score (nSPS) is 10.1. The number of hydrogen-bond donors (Lipinski definition) is 2. The molecule has 5 heteroatoms. The summed E-state index contributed by atoms with van der Waals surface area (Å²) in [6, 6.07) is 1.78. The van der Waals surface area contributed by atoms with Gasteiger partial charge in [0.2, 0.25) is 0 Å². The Bertz CT molecular complexity index is 272. The lowest BCUT2D eigenvalue weighted by Gasteiger charge is -2.06. The first-order valence-electron chi connectivity index (χ1n) is 2.72. The van der Waals surface area contributed by atoms with Crippen molar-refractivity contribution in [2.45, 2.75) is 0 Å². The van der Waals surface area contributed by atoms with Crippen molar-refractivity contribution in [3.8, 4) is 0 Å². The highest BCUT2D eigenvalue weighted by Gasteiger charge is 2.08. The molecular formula is C6H5Br3N2. The van der Waals surface area contributed by atoms with Gasteiger partial charge in [-0.05, 0) is 53.9 Å². The molecule has 0 amide bonds. The van der Waals surface area contributed by atoms with Gasteiger partial charge in [0, 0.05) is 10.2 Å². The van der Waals surface area contributed by atoms with E-state index in [1.165, 1.54) is 0 Å². The Morgan fingerprint density at radius 3 is 2.09 bits per heavy atom. The van der Waals surface area contributed by atoms with Gasteiger partial charge in [-0.3, -0.25) is 0 Å². The van der Waals surface area contributed by atoms with Crippen LogP contribution in [0.4, 0.5) is 11.4 Å². The Morgan fingerprint density at radius 1 is 1.00 bits per heavy atom. The highest BCUT2D eigenvalue weighted by atomic mass is 79.9. The van der Waals surface area contributed by atoms with E-state index in [0.29, 0.717) is 11.4 Å². The first-order chi connectivity index (χ1) is 5.04. The zero-order chi connectivity index (χ0) is 8.59. The highest BCUT2D eigenvalue weighted by Crippen LogP contribution is 2.38. The summed E-state index contributed by atoms with van der Waals surface area (Å²) in [5.74, 6) is 0. The summed E-state index contributed by atoms with van der Waals surface area (Å²) in [5.41, 5.74) is 12.5. The average molecular weight is 345 g/mol. The van der Waals surface area contributed by atoms with Crippen LogP contribution in [0, 0.1) is 0 Å². The number of nitrogens with two attached hydrogens (primary N) is 2. The van der Waals surface area contributed by atoms with Crippen LogP contribution in [-0.4, -0.2) is 0 Å². The van der Waals surface area contributed by atoms with Crippen LogP contribution in [0.5, 0.6) is 0 Å². The maximum Gasteiger partial charge on any atom is 0.0646 e. The number of hydrogen-bond acceptors (Lipinski definition) is 2. The first-order valence-corrected chi connectivity index (χ1v) is 5.10. The third kappa shape index (κ3) is 1.71. The Labute approximate surface area is 89.7 Å². The minimum Gasteiger partial charge on any atom is -0.398 e. The van der Waals surface area contributed by atoms with Crippen LogP contribution in [0.2, 0.25) is 0 Å². The van der Waals surface area contributed by atoms with Gasteiger partial charge in [-0.25, -0.2) is 0 Å². The van der Waals surface area contributed by atoms with Gasteiger partial charge in [-0.15, -0.1) is 0 Å². The highest BCUT2D eigenvalue weighted by molar-refractivity contribution is 9.13. The molecule has 11 heavy (non-hydrogen) atoms. The second-order valence-electron chi connectivity index (χ2n) is 1.99. The zero-order valence-corrected chi connectivity index (χ0v) is 10.1. The smallest absolute Gasteiger partial charge is 0.0646 e. The molecule has 4 N–H and O–H groups in total. The van der Waals surface area contributed by atoms with Crippen LogP contribution in [0.25, 0.3) is 0 Å².